The molecule has 7 heteroatoms. The molecule has 0 amide bonds. The summed E-state index contributed by atoms with van der Waals surface area (Å²) in [4.78, 5) is 15.4. The molecule has 0 radical (unpaired) electrons. The fourth-order valence-electron chi connectivity index (χ4n) is 2.97. The zero-order valence-electron chi connectivity index (χ0n) is 13.4. The Balaban J connectivity index is 1.69. The first-order valence-electron chi connectivity index (χ1n) is 7.65. The van der Waals surface area contributed by atoms with Crippen LogP contribution >= 0.6 is 0 Å². The van der Waals surface area contributed by atoms with Crippen LogP contribution in [-0.4, -0.2) is 44.9 Å². The lowest BCUT2D eigenvalue weighted by molar-refractivity contribution is 0.343. The van der Waals surface area contributed by atoms with Gasteiger partial charge in [0.15, 0.2) is 0 Å². The van der Waals surface area contributed by atoms with Crippen molar-refractivity contribution in [3.63, 3.8) is 0 Å². The molecule has 22 heavy (non-hydrogen) atoms. The quantitative estimate of drug-likeness (QED) is 0.854. The van der Waals surface area contributed by atoms with Gasteiger partial charge in [0.05, 0.1) is 7.11 Å². The van der Waals surface area contributed by atoms with Gasteiger partial charge in [0, 0.05) is 31.9 Å². The highest BCUT2D eigenvalue weighted by atomic mass is 16.5. The van der Waals surface area contributed by atoms with E-state index < -0.39 is 0 Å². The minimum atomic E-state index is 0.531. The topological polar surface area (TPSA) is 69.0 Å². The van der Waals surface area contributed by atoms with Gasteiger partial charge in [0.1, 0.15) is 11.6 Å². The molecule has 1 aliphatic rings. The molecule has 0 unspecified atom stereocenters. The zero-order valence-corrected chi connectivity index (χ0v) is 13.4. The highest BCUT2D eigenvalue weighted by molar-refractivity contribution is 5.32. The number of aromatic nitrogens is 5. The van der Waals surface area contributed by atoms with Crippen molar-refractivity contribution in [1.82, 2.24) is 24.7 Å². The largest absolute Gasteiger partial charge is 0.481 e. The molecule has 0 saturated carbocycles. The molecule has 1 atom stereocenters. The van der Waals surface area contributed by atoms with Gasteiger partial charge in [0.25, 0.3) is 0 Å². The van der Waals surface area contributed by atoms with E-state index in [1.165, 1.54) is 6.42 Å². The molecule has 2 aromatic heterocycles. The van der Waals surface area contributed by atoms with E-state index in [-0.39, 0.29) is 0 Å². The Morgan fingerprint density at radius 3 is 2.91 bits per heavy atom. The monoisotopic (exact) mass is 302 g/mol. The fraction of sp³-hybridized carbons (Fsp3) is 0.600. The van der Waals surface area contributed by atoms with Crippen LogP contribution in [0.25, 0.3) is 0 Å². The normalized spacial score (nSPS) is 18.5. The Labute approximate surface area is 130 Å². The van der Waals surface area contributed by atoms with Crippen molar-refractivity contribution in [3.8, 4) is 5.88 Å². The molecule has 1 saturated heterocycles. The van der Waals surface area contributed by atoms with Crippen LogP contribution < -0.4 is 9.64 Å². The SMILES string of the molecule is COc1ccnc(N2CCC[C@@H](Cn3nc(C)nc3C)C2)n1. The van der Waals surface area contributed by atoms with Gasteiger partial charge in [-0.3, -0.25) is 0 Å². The van der Waals surface area contributed by atoms with E-state index in [0.717, 1.165) is 43.7 Å². The molecule has 3 rings (SSSR count). The van der Waals surface area contributed by atoms with Gasteiger partial charge in [-0.25, -0.2) is 14.6 Å². The molecule has 0 bridgehead atoms. The minimum absolute atomic E-state index is 0.531. The summed E-state index contributed by atoms with van der Waals surface area (Å²) in [7, 11) is 1.63. The molecule has 3 heterocycles. The van der Waals surface area contributed by atoms with Gasteiger partial charge in [-0.1, -0.05) is 0 Å². The van der Waals surface area contributed by atoms with Crippen LogP contribution in [0.4, 0.5) is 5.95 Å². The van der Waals surface area contributed by atoms with E-state index in [4.69, 9.17) is 4.74 Å². The highest BCUT2D eigenvalue weighted by Gasteiger charge is 2.23. The minimum Gasteiger partial charge on any atom is -0.481 e. The number of methoxy groups -OCH3 is 1. The number of hydrogen-bond acceptors (Lipinski definition) is 6. The molecule has 7 nitrogen and oxygen atoms in total. The van der Waals surface area contributed by atoms with Gasteiger partial charge in [-0.2, -0.15) is 10.1 Å². The molecular formula is C15H22N6O. The average Bonchev–Trinajstić information content (AvgIpc) is 2.85. The van der Waals surface area contributed by atoms with Gasteiger partial charge in [-0.05, 0) is 32.6 Å². The van der Waals surface area contributed by atoms with E-state index >= 15 is 0 Å². The first-order chi connectivity index (χ1) is 10.7. The number of ether oxygens (including phenoxy) is 1. The fourth-order valence-corrected chi connectivity index (χ4v) is 2.97. The van der Waals surface area contributed by atoms with E-state index in [1.54, 1.807) is 19.4 Å². The van der Waals surface area contributed by atoms with Crippen molar-refractivity contribution in [2.45, 2.75) is 33.2 Å². The van der Waals surface area contributed by atoms with Gasteiger partial charge >= 0.3 is 0 Å². The standard InChI is InChI=1S/C15H22N6O/c1-11-17-12(2)21(19-11)10-13-5-4-8-20(9-13)15-16-7-6-14(18-15)22-3/h6-7,13H,4-5,8-10H2,1-3H3/t13-/m1/s1. The second-order valence-electron chi connectivity index (χ2n) is 5.74. The van der Waals surface area contributed by atoms with Crippen LogP contribution in [0, 0.1) is 19.8 Å². The van der Waals surface area contributed by atoms with Crippen molar-refractivity contribution < 1.29 is 4.74 Å². The molecule has 0 aliphatic carbocycles. The number of piperidine rings is 1. The molecule has 0 aromatic carbocycles. The summed E-state index contributed by atoms with van der Waals surface area (Å²) in [6.07, 6.45) is 4.08. The third kappa shape index (κ3) is 3.18. The van der Waals surface area contributed by atoms with Gasteiger partial charge in [-0.15, -0.1) is 0 Å². The first-order valence-corrected chi connectivity index (χ1v) is 7.65. The molecule has 1 aliphatic heterocycles. The van der Waals surface area contributed by atoms with Crippen molar-refractivity contribution in [3.05, 3.63) is 23.9 Å². The van der Waals surface area contributed by atoms with Crippen molar-refractivity contribution in [1.29, 1.82) is 0 Å². The van der Waals surface area contributed by atoms with Crippen molar-refractivity contribution in [2.75, 3.05) is 25.1 Å². The lowest BCUT2D eigenvalue weighted by Gasteiger charge is -2.32. The number of anilines is 1. The Kier molecular flexibility index (Phi) is 4.22. The van der Waals surface area contributed by atoms with Crippen LogP contribution in [0.1, 0.15) is 24.5 Å². The third-order valence-corrected chi connectivity index (χ3v) is 4.02. The Morgan fingerprint density at radius 2 is 2.18 bits per heavy atom. The van der Waals surface area contributed by atoms with Gasteiger partial charge in [0.2, 0.25) is 11.8 Å². The lowest BCUT2D eigenvalue weighted by atomic mass is 9.98. The Bertz CT molecular complexity index is 641. The molecule has 1 fully saturated rings. The van der Waals surface area contributed by atoms with E-state index in [0.29, 0.717) is 11.8 Å². The number of aryl methyl sites for hydroxylation is 2. The summed E-state index contributed by atoms with van der Waals surface area (Å²) in [6, 6.07) is 1.77. The smallest absolute Gasteiger partial charge is 0.228 e. The van der Waals surface area contributed by atoms with Crippen molar-refractivity contribution >= 4 is 5.95 Å². The van der Waals surface area contributed by atoms with Crippen LogP contribution in [0.5, 0.6) is 5.88 Å². The highest BCUT2D eigenvalue weighted by Crippen LogP contribution is 2.22. The molecule has 2 aromatic rings. The number of hydrogen-bond donors (Lipinski definition) is 0. The number of rotatable bonds is 4. The van der Waals surface area contributed by atoms with Crippen molar-refractivity contribution in [2.24, 2.45) is 5.92 Å². The predicted octanol–water partition coefficient (Wildman–Crippen LogP) is 1.61. The van der Waals surface area contributed by atoms with E-state index in [2.05, 4.69) is 25.0 Å². The Hall–Kier alpha value is -2.18. The zero-order chi connectivity index (χ0) is 15.5. The molecule has 118 valence electrons. The summed E-state index contributed by atoms with van der Waals surface area (Å²) in [5.74, 6) is 3.70. The summed E-state index contributed by atoms with van der Waals surface area (Å²) in [5, 5.41) is 4.47. The summed E-state index contributed by atoms with van der Waals surface area (Å²) < 4.78 is 7.20. The maximum atomic E-state index is 5.19. The summed E-state index contributed by atoms with van der Waals surface area (Å²) >= 11 is 0. The van der Waals surface area contributed by atoms with Crippen LogP contribution in [0.15, 0.2) is 12.3 Å². The van der Waals surface area contributed by atoms with Crippen LogP contribution in [-0.2, 0) is 6.54 Å². The molecule has 0 spiro atoms. The summed E-state index contributed by atoms with van der Waals surface area (Å²) in [6.45, 7) is 6.75. The van der Waals surface area contributed by atoms with Crippen LogP contribution in [0.3, 0.4) is 0 Å². The number of nitrogens with zero attached hydrogens (tertiary/aromatic N) is 6. The molecular weight excluding hydrogens is 280 g/mol. The van der Waals surface area contributed by atoms with E-state index in [9.17, 15) is 0 Å². The van der Waals surface area contributed by atoms with E-state index in [1.807, 2.05) is 18.5 Å². The predicted molar refractivity (Wildman–Crippen MR) is 83.0 cm³/mol. The Morgan fingerprint density at radius 1 is 1.32 bits per heavy atom. The maximum absolute atomic E-state index is 5.19. The lowest BCUT2D eigenvalue weighted by Crippen LogP contribution is -2.38. The second-order valence-corrected chi connectivity index (χ2v) is 5.74. The van der Waals surface area contributed by atoms with Crippen LogP contribution in [0.2, 0.25) is 0 Å². The van der Waals surface area contributed by atoms with Gasteiger partial charge < -0.3 is 9.64 Å². The third-order valence-electron chi connectivity index (χ3n) is 4.02. The first kappa shape index (κ1) is 14.7. The molecule has 0 N–H and O–H groups in total. The average molecular weight is 302 g/mol. The summed E-state index contributed by atoms with van der Waals surface area (Å²) in [5.41, 5.74) is 0. The maximum Gasteiger partial charge on any atom is 0.228 e. The second kappa shape index (κ2) is 6.29.